The zero-order valence-electron chi connectivity index (χ0n) is 18.9. The van der Waals surface area contributed by atoms with Crippen molar-refractivity contribution in [3.8, 4) is 11.5 Å². The van der Waals surface area contributed by atoms with Gasteiger partial charge in [-0.25, -0.2) is 0 Å². The van der Waals surface area contributed by atoms with Crippen LogP contribution in [0.4, 0.5) is 0 Å². The zero-order valence-corrected chi connectivity index (χ0v) is 21.2. The normalized spacial score (nSPS) is 16.1. The Hall–Kier alpha value is -1.22. The van der Waals surface area contributed by atoms with Crippen LogP contribution in [0.15, 0.2) is 23.2 Å². The van der Waals surface area contributed by atoms with E-state index in [9.17, 15) is 0 Å². The highest BCUT2D eigenvalue weighted by Crippen LogP contribution is 2.32. The van der Waals surface area contributed by atoms with Gasteiger partial charge in [0.15, 0.2) is 17.5 Å². The fourth-order valence-corrected chi connectivity index (χ4v) is 3.67. The van der Waals surface area contributed by atoms with Crippen LogP contribution in [-0.4, -0.2) is 64.3 Å². The molecule has 166 valence electrons. The predicted molar refractivity (Wildman–Crippen MR) is 132 cm³/mol. The number of guanidine groups is 1. The summed E-state index contributed by atoms with van der Waals surface area (Å²) in [5, 5.41) is 7.11. The van der Waals surface area contributed by atoms with Gasteiger partial charge in [0, 0.05) is 38.1 Å². The first-order chi connectivity index (χ1) is 13.4. The van der Waals surface area contributed by atoms with E-state index in [0.717, 1.165) is 24.0 Å². The smallest absolute Gasteiger partial charge is 0.191 e. The van der Waals surface area contributed by atoms with Gasteiger partial charge in [0.25, 0.3) is 0 Å². The average molecular weight is 518 g/mol. The Morgan fingerprint density at radius 3 is 2.38 bits per heavy atom. The highest BCUT2D eigenvalue weighted by molar-refractivity contribution is 14.0. The molecule has 1 fully saturated rings. The summed E-state index contributed by atoms with van der Waals surface area (Å²) in [6.45, 7) is 11.0. The van der Waals surface area contributed by atoms with Gasteiger partial charge in [-0.2, -0.15) is 0 Å². The molecule has 0 bridgehead atoms. The van der Waals surface area contributed by atoms with Crippen LogP contribution in [0.5, 0.6) is 11.5 Å². The van der Waals surface area contributed by atoms with E-state index < -0.39 is 0 Å². The quantitative estimate of drug-likeness (QED) is 0.313. The monoisotopic (exact) mass is 518 g/mol. The Kier molecular flexibility index (Phi) is 11.1. The largest absolute Gasteiger partial charge is 0.493 e. The zero-order chi connectivity index (χ0) is 20.6. The maximum atomic E-state index is 5.46. The van der Waals surface area contributed by atoms with Crippen molar-refractivity contribution < 1.29 is 9.47 Å². The van der Waals surface area contributed by atoms with Gasteiger partial charge in [-0.1, -0.05) is 26.8 Å². The molecule has 0 spiro atoms. The van der Waals surface area contributed by atoms with Gasteiger partial charge in [-0.05, 0) is 43.5 Å². The van der Waals surface area contributed by atoms with Crippen molar-refractivity contribution in [2.75, 3.05) is 47.4 Å². The van der Waals surface area contributed by atoms with Crippen molar-refractivity contribution in [1.82, 2.24) is 15.5 Å². The van der Waals surface area contributed by atoms with E-state index in [-0.39, 0.29) is 29.4 Å². The number of ether oxygens (including phenoxy) is 2. The molecule has 1 aromatic carbocycles. The standard InChI is InChI=1S/C22H38N4O2.HI/c1-7-12-26-13-10-18(11-14-26)25-21(23-4)24-16-22(2,3)17-8-9-19(27-5)20(15-17)28-6;/h8-9,15,18H,7,10-14,16H2,1-6H3,(H2,23,24,25);1H. The van der Waals surface area contributed by atoms with Crippen LogP contribution < -0.4 is 20.1 Å². The molecule has 1 aromatic rings. The minimum Gasteiger partial charge on any atom is -0.493 e. The average Bonchev–Trinajstić information content (AvgIpc) is 2.72. The van der Waals surface area contributed by atoms with Gasteiger partial charge in [-0.15, -0.1) is 24.0 Å². The summed E-state index contributed by atoms with van der Waals surface area (Å²) in [4.78, 5) is 6.98. The second kappa shape index (κ2) is 12.5. The lowest BCUT2D eigenvalue weighted by molar-refractivity contribution is 0.206. The second-order valence-electron chi connectivity index (χ2n) is 8.14. The predicted octanol–water partition coefficient (Wildman–Crippen LogP) is 3.64. The highest BCUT2D eigenvalue weighted by atomic mass is 127. The summed E-state index contributed by atoms with van der Waals surface area (Å²) >= 11 is 0. The van der Waals surface area contributed by atoms with E-state index >= 15 is 0 Å². The van der Waals surface area contributed by atoms with Gasteiger partial charge in [-0.3, -0.25) is 4.99 Å². The molecule has 0 saturated carbocycles. The van der Waals surface area contributed by atoms with Crippen LogP contribution in [0.25, 0.3) is 0 Å². The molecule has 7 heteroatoms. The molecule has 0 unspecified atom stereocenters. The van der Waals surface area contributed by atoms with Gasteiger partial charge in [0.05, 0.1) is 14.2 Å². The summed E-state index contributed by atoms with van der Waals surface area (Å²) in [5.74, 6) is 2.39. The first-order valence-electron chi connectivity index (χ1n) is 10.4. The number of aliphatic imine (C=N–C) groups is 1. The van der Waals surface area contributed by atoms with Crippen LogP contribution in [0.1, 0.15) is 45.6 Å². The number of rotatable bonds is 8. The minimum absolute atomic E-state index is 0. The second-order valence-corrected chi connectivity index (χ2v) is 8.14. The van der Waals surface area contributed by atoms with E-state index in [2.05, 4.69) is 53.4 Å². The molecular formula is C22H39IN4O2. The molecule has 29 heavy (non-hydrogen) atoms. The van der Waals surface area contributed by atoms with Gasteiger partial charge in [0.1, 0.15) is 0 Å². The van der Waals surface area contributed by atoms with E-state index in [1.165, 1.54) is 44.5 Å². The summed E-state index contributed by atoms with van der Waals surface area (Å²) in [5.41, 5.74) is 1.11. The van der Waals surface area contributed by atoms with Gasteiger partial charge in [0.2, 0.25) is 0 Å². The lowest BCUT2D eigenvalue weighted by Gasteiger charge is -2.33. The number of methoxy groups -OCH3 is 2. The molecule has 1 heterocycles. The van der Waals surface area contributed by atoms with Crippen LogP contribution in [0.2, 0.25) is 0 Å². The Balaban J connectivity index is 0.00000420. The third-order valence-electron chi connectivity index (χ3n) is 5.55. The fourth-order valence-electron chi connectivity index (χ4n) is 3.67. The lowest BCUT2D eigenvalue weighted by atomic mass is 9.84. The molecule has 0 amide bonds. The number of nitrogens with zero attached hydrogens (tertiary/aromatic N) is 2. The third-order valence-corrected chi connectivity index (χ3v) is 5.55. The molecule has 0 atom stereocenters. The first-order valence-corrected chi connectivity index (χ1v) is 10.4. The van der Waals surface area contributed by atoms with Crippen LogP contribution in [0.3, 0.4) is 0 Å². The highest BCUT2D eigenvalue weighted by Gasteiger charge is 2.24. The lowest BCUT2D eigenvalue weighted by Crippen LogP contribution is -2.50. The Bertz CT molecular complexity index is 644. The number of piperidine rings is 1. The molecule has 2 N–H and O–H groups in total. The molecule has 0 aliphatic carbocycles. The number of halogens is 1. The summed E-state index contributed by atoms with van der Waals surface area (Å²) in [6.07, 6.45) is 3.56. The maximum absolute atomic E-state index is 5.46. The number of benzene rings is 1. The van der Waals surface area contributed by atoms with E-state index in [1.54, 1.807) is 14.2 Å². The Labute approximate surface area is 193 Å². The molecule has 0 radical (unpaired) electrons. The SMILES string of the molecule is CCCN1CCC(NC(=NC)NCC(C)(C)c2ccc(OC)c(OC)c2)CC1.I. The van der Waals surface area contributed by atoms with Crippen molar-refractivity contribution in [2.24, 2.45) is 4.99 Å². The first kappa shape index (κ1) is 25.8. The maximum Gasteiger partial charge on any atom is 0.191 e. The third kappa shape index (κ3) is 7.51. The number of hydrogen-bond acceptors (Lipinski definition) is 4. The molecule has 0 aromatic heterocycles. The summed E-state index contributed by atoms with van der Waals surface area (Å²) in [7, 11) is 5.17. The van der Waals surface area contributed by atoms with Gasteiger partial charge >= 0.3 is 0 Å². The van der Waals surface area contributed by atoms with E-state index in [1.807, 2.05) is 13.1 Å². The van der Waals surface area contributed by atoms with Crippen molar-refractivity contribution in [2.45, 2.75) is 51.5 Å². The molecule has 1 aliphatic heterocycles. The summed E-state index contributed by atoms with van der Waals surface area (Å²) < 4.78 is 10.8. The number of nitrogens with one attached hydrogen (secondary N) is 2. The molecular weight excluding hydrogens is 479 g/mol. The molecule has 2 rings (SSSR count). The number of likely N-dealkylation sites (tertiary alicyclic amines) is 1. The van der Waals surface area contributed by atoms with E-state index in [0.29, 0.717) is 6.04 Å². The van der Waals surface area contributed by atoms with E-state index in [4.69, 9.17) is 9.47 Å². The Morgan fingerprint density at radius 1 is 1.17 bits per heavy atom. The Morgan fingerprint density at radius 2 is 1.83 bits per heavy atom. The fraction of sp³-hybridized carbons (Fsp3) is 0.682. The minimum atomic E-state index is -0.0817. The van der Waals surface area contributed by atoms with Crippen LogP contribution in [0, 0.1) is 0 Å². The summed E-state index contributed by atoms with van der Waals surface area (Å²) in [6, 6.07) is 6.61. The van der Waals surface area contributed by atoms with Crippen molar-refractivity contribution in [3.63, 3.8) is 0 Å². The number of hydrogen-bond donors (Lipinski definition) is 2. The molecule has 1 saturated heterocycles. The molecule has 6 nitrogen and oxygen atoms in total. The van der Waals surface area contributed by atoms with Crippen LogP contribution in [-0.2, 0) is 5.41 Å². The van der Waals surface area contributed by atoms with Crippen molar-refractivity contribution >= 4 is 29.9 Å². The van der Waals surface area contributed by atoms with Gasteiger partial charge < -0.3 is 25.0 Å². The van der Waals surface area contributed by atoms with Crippen LogP contribution >= 0.6 is 24.0 Å². The topological polar surface area (TPSA) is 58.1 Å². The molecule has 1 aliphatic rings. The van der Waals surface area contributed by atoms with Crippen molar-refractivity contribution in [3.05, 3.63) is 23.8 Å². The van der Waals surface area contributed by atoms with Crippen molar-refractivity contribution in [1.29, 1.82) is 0 Å².